The van der Waals surface area contributed by atoms with Gasteiger partial charge in [-0.15, -0.1) is 11.3 Å². The first kappa shape index (κ1) is 11.6. The zero-order chi connectivity index (χ0) is 11.1. The fraction of sp³-hybridized carbons (Fsp3) is 0.300. The lowest BCUT2D eigenvalue weighted by Gasteiger charge is -2.00. The highest BCUT2D eigenvalue weighted by atomic mass is 32.1. The number of carbonyl (C=O) groups excluding carboxylic acids is 1. The molecule has 0 fully saturated rings. The van der Waals surface area contributed by atoms with Crippen LogP contribution in [0.4, 0.5) is 4.79 Å². The van der Waals surface area contributed by atoms with Crippen LogP contribution in [0.1, 0.15) is 10.4 Å². The van der Waals surface area contributed by atoms with Crippen LogP contribution in [0, 0.1) is 11.8 Å². The van der Waals surface area contributed by atoms with Crippen molar-refractivity contribution in [2.45, 2.75) is 6.54 Å². The third-order valence-electron chi connectivity index (χ3n) is 1.64. The van der Waals surface area contributed by atoms with E-state index in [1.165, 1.54) is 0 Å². The van der Waals surface area contributed by atoms with Crippen molar-refractivity contribution in [1.29, 1.82) is 0 Å². The predicted octanol–water partition coefficient (Wildman–Crippen LogP) is 0.487. The molecule has 0 atom stereocenters. The second-order valence-electron chi connectivity index (χ2n) is 2.74. The maximum Gasteiger partial charge on any atom is 0.314 e. The van der Waals surface area contributed by atoms with Crippen LogP contribution >= 0.6 is 11.3 Å². The molecule has 4 N–H and O–H groups in total. The Kier molecular flexibility index (Phi) is 4.68. The standard InChI is InChI=1S/C10H13N3OS/c1-12-10(14)13-6-9-5-8(7-15-9)3-2-4-11/h5,7H,4,6,11H2,1H3,(H2,12,13,14). The fourth-order valence-electron chi connectivity index (χ4n) is 0.948. The summed E-state index contributed by atoms with van der Waals surface area (Å²) in [4.78, 5) is 12.0. The number of rotatable bonds is 2. The van der Waals surface area contributed by atoms with E-state index in [0.717, 1.165) is 10.4 Å². The van der Waals surface area contributed by atoms with Gasteiger partial charge in [-0.2, -0.15) is 0 Å². The molecule has 0 aromatic carbocycles. The lowest BCUT2D eigenvalue weighted by molar-refractivity contribution is 0.242. The summed E-state index contributed by atoms with van der Waals surface area (Å²) in [5.74, 6) is 5.71. The Labute approximate surface area is 92.9 Å². The first-order valence-corrected chi connectivity index (χ1v) is 5.36. The van der Waals surface area contributed by atoms with Crippen molar-refractivity contribution in [1.82, 2.24) is 10.6 Å². The van der Waals surface area contributed by atoms with Crippen LogP contribution in [-0.4, -0.2) is 19.6 Å². The maximum atomic E-state index is 10.9. The number of urea groups is 1. The highest BCUT2D eigenvalue weighted by Gasteiger charge is 1.99. The molecule has 2 amide bonds. The van der Waals surface area contributed by atoms with E-state index in [1.807, 2.05) is 11.4 Å². The lowest BCUT2D eigenvalue weighted by atomic mass is 10.3. The molecule has 0 aliphatic rings. The van der Waals surface area contributed by atoms with Crippen LogP contribution in [0.5, 0.6) is 0 Å². The average molecular weight is 223 g/mol. The molecule has 0 spiro atoms. The number of nitrogens with two attached hydrogens (primary N) is 1. The van der Waals surface area contributed by atoms with Gasteiger partial charge < -0.3 is 16.4 Å². The van der Waals surface area contributed by atoms with Gasteiger partial charge in [-0.3, -0.25) is 0 Å². The van der Waals surface area contributed by atoms with Crippen LogP contribution in [-0.2, 0) is 6.54 Å². The largest absolute Gasteiger partial charge is 0.341 e. The zero-order valence-electron chi connectivity index (χ0n) is 8.46. The molecule has 1 aromatic rings. The van der Waals surface area contributed by atoms with E-state index in [2.05, 4.69) is 22.5 Å². The molecule has 0 aliphatic carbocycles. The molecular weight excluding hydrogens is 210 g/mol. The Morgan fingerprint density at radius 1 is 1.67 bits per heavy atom. The van der Waals surface area contributed by atoms with E-state index >= 15 is 0 Å². The molecule has 0 saturated carbocycles. The zero-order valence-corrected chi connectivity index (χ0v) is 9.28. The van der Waals surface area contributed by atoms with E-state index < -0.39 is 0 Å². The Balaban J connectivity index is 2.49. The highest BCUT2D eigenvalue weighted by Crippen LogP contribution is 2.13. The quantitative estimate of drug-likeness (QED) is 0.639. The molecule has 15 heavy (non-hydrogen) atoms. The van der Waals surface area contributed by atoms with Crippen molar-refractivity contribution in [3.8, 4) is 11.8 Å². The minimum atomic E-state index is -0.182. The minimum absolute atomic E-state index is 0.182. The molecule has 1 aromatic heterocycles. The fourth-order valence-corrected chi connectivity index (χ4v) is 1.70. The van der Waals surface area contributed by atoms with E-state index in [9.17, 15) is 4.79 Å². The molecule has 0 saturated heterocycles. The average Bonchev–Trinajstić information content (AvgIpc) is 2.71. The third-order valence-corrected chi connectivity index (χ3v) is 2.58. The van der Waals surface area contributed by atoms with Crippen molar-refractivity contribution in [2.24, 2.45) is 5.73 Å². The number of hydrogen-bond acceptors (Lipinski definition) is 3. The van der Waals surface area contributed by atoms with Crippen LogP contribution in [0.2, 0.25) is 0 Å². The SMILES string of the molecule is CNC(=O)NCc1cc(C#CCN)cs1. The minimum Gasteiger partial charge on any atom is -0.341 e. The van der Waals surface area contributed by atoms with Crippen LogP contribution in [0.25, 0.3) is 0 Å². The normalized spacial score (nSPS) is 8.93. The molecule has 5 heteroatoms. The lowest BCUT2D eigenvalue weighted by Crippen LogP contribution is -2.31. The molecule has 0 unspecified atom stereocenters. The van der Waals surface area contributed by atoms with Crippen LogP contribution < -0.4 is 16.4 Å². The molecule has 0 radical (unpaired) electrons. The summed E-state index contributed by atoms with van der Waals surface area (Å²) in [5.41, 5.74) is 6.21. The second-order valence-corrected chi connectivity index (χ2v) is 3.74. The van der Waals surface area contributed by atoms with Crippen molar-refractivity contribution in [2.75, 3.05) is 13.6 Å². The summed E-state index contributed by atoms with van der Waals surface area (Å²) >= 11 is 1.57. The Morgan fingerprint density at radius 2 is 2.47 bits per heavy atom. The highest BCUT2D eigenvalue weighted by molar-refractivity contribution is 7.10. The summed E-state index contributed by atoms with van der Waals surface area (Å²) < 4.78 is 0. The molecular formula is C10H13N3OS. The first-order valence-electron chi connectivity index (χ1n) is 4.48. The molecule has 0 bridgehead atoms. The Morgan fingerprint density at radius 3 is 3.13 bits per heavy atom. The topological polar surface area (TPSA) is 67.2 Å². The van der Waals surface area contributed by atoms with Gasteiger partial charge >= 0.3 is 6.03 Å². The van der Waals surface area contributed by atoms with Crippen LogP contribution in [0.3, 0.4) is 0 Å². The number of nitrogens with one attached hydrogen (secondary N) is 2. The predicted molar refractivity (Wildman–Crippen MR) is 61.5 cm³/mol. The Hall–Kier alpha value is -1.51. The Bertz CT molecular complexity index is 389. The smallest absolute Gasteiger partial charge is 0.314 e. The summed E-state index contributed by atoms with van der Waals surface area (Å²) in [6.45, 7) is 0.885. The van der Waals surface area contributed by atoms with E-state index in [1.54, 1.807) is 18.4 Å². The van der Waals surface area contributed by atoms with Crippen molar-refractivity contribution in [3.05, 3.63) is 21.9 Å². The van der Waals surface area contributed by atoms with Gasteiger partial charge in [0, 0.05) is 22.9 Å². The summed E-state index contributed by atoms with van der Waals surface area (Å²) in [7, 11) is 1.59. The number of carbonyl (C=O) groups is 1. The first-order chi connectivity index (χ1) is 7.26. The van der Waals surface area contributed by atoms with E-state index in [0.29, 0.717) is 13.1 Å². The van der Waals surface area contributed by atoms with Gasteiger partial charge in [0.1, 0.15) is 0 Å². The summed E-state index contributed by atoms with van der Waals surface area (Å²) in [6, 6.07) is 1.77. The summed E-state index contributed by atoms with van der Waals surface area (Å²) in [5, 5.41) is 7.14. The van der Waals surface area contributed by atoms with Crippen molar-refractivity contribution in [3.63, 3.8) is 0 Å². The monoisotopic (exact) mass is 223 g/mol. The summed E-state index contributed by atoms with van der Waals surface area (Å²) in [6.07, 6.45) is 0. The number of thiophene rings is 1. The van der Waals surface area contributed by atoms with Crippen molar-refractivity contribution < 1.29 is 4.79 Å². The molecule has 0 aliphatic heterocycles. The van der Waals surface area contributed by atoms with Gasteiger partial charge in [0.25, 0.3) is 0 Å². The van der Waals surface area contributed by atoms with Gasteiger partial charge in [-0.1, -0.05) is 11.8 Å². The second kappa shape index (κ2) is 6.06. The van der Waals surface area contributed by atoms with Gasteiger partial charge in [0.05, 0.1) is 13.1 Å². The third kappa shape index (κ3) is 4.02. The van der Waals surface area contributed by atoms with Gasteiger partial charge in [-0.05, 0) is 6.07 Å². The molecule has 4 nitrogen and oxygen atoms in total. The number of hydrogen-bond donors (Lipinski definition) is 3. The van der Waals surface area contributed by atoms with E-state index in [-0.39, 0.29) is 6.03 Å². The number of amides is 2. The van der Waals surface area contributed by atoms with E-state index in [4.69, 9.17) is 5.73 Å². The van der Waals surface area contributed by atoms with Gasteiger partial charge in [0.2, 0.25) is 0 Å². The molecule has 1 rings (SSSR count). The van der Waals surface area contributed by atoms with Gasteiger partial charge in [0.15, 0.2) is 0 Å². The van der Waals surface area contributed by atoms with Gasteiger partial charge in [-0.25, -0.2) is 4.79 Å². The van der Waals surface area contributed by atoms with Crippen molar-refractivity contribution >= 4 is 17.4 Å². The van der Waals surface area contributed by atoms with Crippen LogP contribution in [0.15, 0.2) is 11.4 Å². The molecule has 80 valence electrons. The molecule has 1 heterocycles. The maximum absolute atomic E-state index is 10.9.